The predicted molar refractivity (Wildman–Crippen MR) is 87.7 cm³/mol. The van der Waals surface area contributed by atoms with E-state index in [-0.39, 0.29) is 5.91 Å². The van der Waals surface area contributed by atoms with E-state index in [1.54, 1.807) is 6.92 Å². The first-order chi connectivity index (χ1) is 10.1. The Hall–Kier alpha value is -2.09. The summed E-state index contributed by atoms with van der Waals surface area (Å²) in [7, 11) is 0. The van der Waals surface area contributed by atoms with Crippen LogP contribution in [0.25, 0.3) is 11.1 Å². The van der Waals surface area contributed by atoms with E-state index in [4.69, 9.17) is 0 Å². The number of para-hydroxylation sites is 1. The summed E-state index contributed by atoms with van der Waals surface area (Å²) in [5, 5.41) is 0. The minimum Gasteiger partial charge on any atom is -0.312 e. The number of hydrogen-bond donors (Lipinski definition) is 0. The molecule has 0 saturated carbocycles. The monoisotopic (exact) mass is 279 g/mol. The fourth-order valence-corrected chi connectivity index (χ4v) is 3.11. The molecule has 1 aliphatic rings. The maximum Gasteiger partial charge on any atom is 0.223 e. The van der Waals surface area contributed by atoms with Crippen LogP contribution in [-0.2, 0) is 11.2 Å². The van der Waals surface area contributed by atoms with Crippen molar-refractivity contribution in [2.75, 3.05) is 11.4 Å². The molecule has 0 unspecified atom stereocenters. The molecular formula is C19H21NO. The molecule has 1 amide bonds. The number of nitrogens with zero attached hydrogens (tertiary/aromatic N) is 1. The SMILES string of the molecule is CC(=O)N1CCCc2cccc(-c3ccc(C)c(C)c3)c21. The molecule has 108 valence electrons. The Kier molecular flexibility index (Phi) is 3.54. The van der Waals surface area contributed by atoms with Gasteiger partial charge in [0.15, 0.2) is 0 Å². The zero-order valence-corrected chi connectivity index (χ0v) is 12.9. The van der Waals surface area contributed by atoms with Gasteiger partial charge in [-0.25, -0.2) is 0 Å². The first-order valence-electron chi connectivity index (χ1n) is 7.55. The minimum atomic E-state index is 0.132. The number of hydrogen-bond acceptors (Lipinski definition) is 1. The van der Waals surface area contributed by atoms with Crippen molar-refractivity contribution in [3.63, 3.8) is 0 Å². The lowest BCUT2D eigenvalue weighted by Gasteiger charge is -2.31. The molecule has 3 rings (SSSR count). The van der Waals surface area contributed by atoms with E-state index in [2.05, 4.69) is 50.2 Å². The molecule has 0 spiro atoms. The van der Waals surface area contributed by atoms with Crippen molar-refractivity contribution in [2.24, 2.45) is 0 Å². The second kappa shape index (κ2) is 5.36. The predicted octanol–water partition coefficient (Wildman–Crippen LogP) is 4.27. The zero-order valence-electron chi connectivity index (χ0n) is 12.9. The molecule has 0 bridgehead atoms. The van der Waals surface area contributed by atoms with Gasteiger partial charge in [-0.05, 0) is 48.9 Å². The molecule has 0 N–H and O–H groups in total. The summed E-state index contributed by atoms with van der Waals surface area (Å²) in [6.45, 7) is 6.74. The van der Waals surface area contributed by atoms with Crippen LogP contribution in [0.1, 0.15) is 30.0 Å². The maximum atomic E-state index is 12.0. The molecule has 2 nitrogen and oxygen atoms in total. The Morgan fingerprint density at radius 1 is 1.10 bits per heavy atom. The molecule has 1 heterocycles. The Morgan fingerprint density at radius 3 is 2.62 bits per heavy atom. The molecule has 0 radical (unpaired) electrons. The fraction of sp³-hybridized carbons (Fsp3) is 0.316. The van der Waals surface area contributed by atoms with Gasteiger partial charge in [0.25, 0.3) is 0 Å². The molecular weight excluding hydrogens is 258 g/mol. The average molecular weight is 279 g/mol. The summed E-state index contributed by atoms with van der Waals surface area (Å²) < 4.78 is 0. The average Bonchev–Trinajstić information content (AvgIpc) is 2.48. The van der Waals surface area contributed by atoms with Gasteiger partial charge in [0, 0.05) is 19.0 Å². The summed E-state index contributed by atoms with van der Waals surface area (Å²) in [4.78, 5) is 13.9. The Balaban J connectivity index is 2.19. The molecule has 0 atom stereocenters. The quantitative estimate of drug-likeness (QED) is 0.763. The summed E-state index contributed by atoms with van der Waals surface area (Å²) in [5.74, 6) is 0.132. The number of amides is 1. The third kappa shape index (κ3) is 2.46. The van der Waals surface area contributed by atoms with Crippen LogP contribution in [0.4, 0.5) is 5.69 Å². The van der Waals surface area contributed by atoms with Crippen molar-refractivity contribution in [3.8, 4) is 11.1 Å². The topological polar surface area (TPSA) is 20.3 Å². The Labute approximate surface area is 126 Å². The normalized spacial score (nSPS) is 14.0. The number of carbonyl (C=O) groups is 1. The molecule has 0 fully saturated rings. The van der Waals surface area contributed by atoms with Crippen LogP contribution < -0.4 is 4.90 Å². The van der Waals surface area contributed by atoms with Gasteiger partial charge in [-0.15, -0.1) is 0 Å². The molecule has 0 saturated heterocycles. The highest BCUT2D eigenvalue weighted by Gasteiger charge is 2.23. The molecule has 2 heteroatoms. The number of aryl methyl sites for hydroxylation is 3. The highest BCUT2D eigenvalue weighted by atomic mass is 16.2. The van der Waals surface area contributed by atoms with Gasteiger partial charge >= 0.3 is 0 Å². The standard InChI is InChI=1S/C19H21NO/c1-13-9-10-17(12-14(13)2)18-8-4-6-16-7-5-11-20(15(3)21)19(16)18/h4,6,8-10,12H,5,7,11H2,1-3H3. The molecule has 0 aliphatic carbocycles. The smallest absolute Gasteiger partial charge is 0.223 e. The van der Waals surface area contributed by atoms with Crippen molar-refractivity contribution >= 4 is 11.6 Å². The van der Waals surface area contributed by atoms with E-state index in [1.165, 1.54) is 27.8 Å². The molecule has 1 aliphatic heterocycles. The first kappa shape index (κ1) is 13.9. The number of fused-ring (bicyclic) bond motifs is 1. The third-order valence-electron chi connectivity index (χ3n) is 4.42. The van der Waals surface area contributed by atoms with E-state index in [0.717, 1.165) is 25.1 Å². The summed E-state index contributed by atoms with van der Waals surface area (Å²) in [6, 6.07) is 12.9. The molecule has 21 heavy (non-hydrogen) atoms. The van der Waals surface area contributed by atoms with Gasteiger partial charge in [-0.3, -0.25) is 4.79 Å². The van der Waals surface area contributed by atoms with Crippen LogP contribution in [0.5, 0.6) is 0 Å². The highest BCUT2D eigenvalue weighted by molar-refractivity contribution is 5.98. The van der Waals surface area contributed by atoms with Crippen LogP contribution in [-0.4, -0.2) is 12.5 Å². The van der Waals surface area contributed by atoms with Gasteiger partial charge < -0.3 is 4.90 Å². The van der Waals surface area contributed by atoms with Gasteiger partial charge in [-0.2, -0.15) is 0 Å². The van der Waals surface area contributed by atoms with E-state index in [0.29, 0.717) is 0 Å². The lowest BCUT2D eigenvalue weighted by Crippen LogP contribution is -2.34. The third-order valence-corrected chi connectivity index (χ3v) is 4.42. The van der Waals surface area contributed by atoms with E-state index >= 15 is 0 Å². The second-order valence-electron chi connectivity index (χ2n) is 5.89. The van der Waals surface area contributed by atoms with Crippen molar-refractivity contribution in [2.45, 2.75) is 33.6 Å². The lowest BCUT2D eigenvalue weighted by atomic mass is 9.92. The van der Waals surface area contributed by atoms with Crippen LogP contribution >= 0.6 is 0 Å². The Bertz CT molecular complexity index is 703. The van der Waals surface area contributed by atoms with Crippen molar-refractivity contribution in [1.29, 1.82) is 0 Å². The Morgan fingerprint density at radius 2 is 1.90 bits per heavy atom. The van der Waals surface area contributed by atoms with Gasteiger partial charge in [0.05, 0.1) is 5.69 Å². The maximum absolute atomic E-state index is 12.0. The van der Waals surface area contributed by atoms with Gasteiger partial charge in [-0.1, -0.05) is 36.4 Å². The fourth-order valence-electron chi connectivity index (χ4n) is 3.11. The van der Waals surface area contributed by atoms with Crippen molar-refractivity contribution in [1.82, 2.24) is 0 Å². The summed E-state index contributed by atoms with van der Waals surface area (Å²) in [5.41, 5.74) is 7.35. The zero-order chi connectivity index (χ0) is 15.0. The lowest BCUT2D eigenvalue weighted by molar-refractivity contribution is -0.116. The number of rotatable bonds is 1. The van der Waals surface area contributed by atoms with Crippen molar-refractivity contribution < 1.29 is 4.79 Å². The van der Waals surface area contributed by atoms with Crippen LogP contribution in [0.3, 0.4) is 0 Å². The number of benzene rings is 2. The largest absolute Gasteiger partial charge is 0.312 e. The van der Waals surface area contributed by atoms with Crippen LogP contribution in [0.2, 0.25) is 0 Å². The van der Waals surface area contributed by atoms with Gasteiger partial charge in [0.2, 0.25) is 5.91 Å². The van der Waals surface area contributed by atoms with E-state index < -0.39 is 0 Å². The van der Waals surface area contributed by atoms with Crippen molar-refractivity contribution in [3.05, 3.63) is 53.1 Å². The molecule has 0 aromatic heterocycles. The number of carbonyl (C=O) groups excluding carboxylic acids is 1. The van der Waals surface area contributed by atoms with Crippen LogP contribution in [0, 0.1) is 13.8 Å². The van der Waals surface area contributed by atoms with E-state index in [1.807, 2.05) is 4.90 Å². The van der Waals surface area contributed by atoms with Gasteiger partial charge in [0.1, 0.15) is 0 Å². The first-order valence-corrected chi connectivity index (χ1v) is 7.55. The molecule has 2 aromatic rings. The summed E-state index contributed by atoms with van der Waals surface area (Å²) >= 11 is 0. The molecule has 2 aromatic carbocycles. The minimum absolute atomic E-state index is 0.132. The number of anilines is 1. The summed E-state index contributed by atoms with van der Waals surface area (Å²) in [6.07, 6.45) is 2.10. The van der Waals surface area contributed by atoms with Crippen LogP contribution in [0.15, 0.2) is 36.4 Å². The second-order valence-corrected chi connectivity index (χ2v) is 5.89. The van der Waals surface area contributed by atoms with E-state index in [9.17, 15) is 4.79 Å². The highest BCUT2D eigenvalue weighted by Crippen LogP contribution is 2.37.